The van der Waals surface area contributed by atoms with Gasteiger partial charge >= 0.3 is 0 Å². The second kappa shape index (κ2) is 17.3. The zero-order chi connectivity index (χ0) is 18.7. The summed E-state index contributed by atoms with van der Waals surface area (Å²) in [6.45, 7) is 2.29. The predicted molar refractivity (Wildman–Crippen MR) is 115 cm³/mol. The van der Waals surface area contributed by atoms with Crippen molar-refractivity contribution in [1.82, 2.24) is 0 Å². The van der Waals surface area contributed by atoms with E-state index in [0.29, 0.717) is 0 Å². The van der Waals surface area contributed by atoms with Crippen LogP contribution in [-0.4, -0.2) is 6.29 Å². The number of carbonyl (C=O) groups excluding carboxylic acids is 1. The van der Waals surface area contributed by atoms with Gasteiger partial charge in [0, 0.05) is 5.56 Å². The average molecular weight is 359 g/mol. The smallest absolute Gasteiger partial charge is 0.150 e. The lowest BCUT2D eigenvalue weighted by Gasteiger charge is -2.04. The SMILES string of the molecule is CCCCCCCCCCCCCCCCCCc1ccc(C=O)cc1. The van der Waals surface area contributed by atoms with Gasteiger partial charge in [-0.25, -0.2) is 0 Å². The van der Waals surface area contributed by atoms with Crippen LogP contribution in [-0.2, 0) is 6.42 Å². The molecule has 0 aliphatic heterocycles. The molecule has 0 aliphatic carbocycles. The molecule has 0 spiro atoms. The second-order valence-electron chi connectivity index (χ2n) is 7.91. The minimum atomic E-state index is 0.778. The van der Waals surface area contributed by atoms with Crippen LogP contribution < -0.4 is 0 Å². The van der Waals surface area contributed by atoms with Crippen molar-refractivity contribution in [2.45, 2.75) is 116 Å². The fraction of sp³-hybridized carbons (Fsp3) is 0.720. The van der Waals surface area contributed by atoms with Crippen molar-refractivity contribution in [3.8, 4) is 0 Å². The van der Waals surface area contributed by atoms with Gasteiger partial charge in [-0.05, 0) is 18.4 Å². The van der Waals surface area contributed by atoms with Crippen LogP contribution in [0.15, 0.2) is 24.3 Å². The number of rotatable bonds is 18. The molecule has 148 valence electrons. The first-order valence-electron chi connectivity index (χ1n) is 11.4. The predicted octanol–water partition coefficient (Wildman–Crippen LogP) is 8.30. The Labute approximate surface area is 163 Å². The summed E-state index contributed by atoms with van der Waals surface area (Å²) in [5.41, 5.74) is 2.14. The normalized spacial score (nSPS) is 11.0. The molecule has 1 aromatic carbocycles. The molecule has 0 aliphatic rings. The van der Waals surface area contributed by atoms with Crippen molar-refractivity contribution >= 4 is 6.29 Å². The Hall–Kier alpha value is -1.11. The summed E-state index contributed by atoms with van der Waals surface area (Å²) in [5, 5.41) is 0. The molecular formula is C25H42O. The summed E-state index contributed by atoms with van der Waals surface area (Å²) in [4.78, 5) is 10.6. The molecule has 26 heavy (non-hydrogen) atoms. The van der Waals surface area contributed by atoms with Crippen LogP contribution in [0.25, 0.3) is 0 Å². The third-order valence-electron chi connectivity index (χ3n) is 5.43. The quantitative estimate of drug-likeness (QED) is 0.190. The van der Waals surface area contributed by atoms with E-state index in [1.807, 2.05) is 12.1 Å². The first-order valence-corrected chi connectivity index (χ1v) is 11.4. The fourth-order valence-electron chi connectivity index (χ4n) is 3.64. The highest BCUT2D eigenvalue weighted by molar-refractivity contribution is 5.74. The number of benzene rings is 1. The molecule has 1 rings (SSSR count). The van der Waals surface area contributed by atoms with Gasteiger partial charge in [-0.15, -0.1) is 0 Å². The van der Waals surface area contributed by atoms with E-state index in [1.54, 1.807) is 0 Å². The van der Waals surface area contributed by atoms with E-state index in [-0.39, 0.29) is 0 Å². The van der Waals surface area contributed by atoms with Gasteiger partial charge in [-0.3, -0.25) is 4.79 Å². The molecule has 0 fully saturated rings. The Morgan fingerprint density at radius 2 is 0.962 bits per heavy atom. The molecule has 0 unspecified atom stereocenters. The molecule has 1 heteroatoms. The molecule has 0 saturated carbocycles. The lowest BCUT2D eigenvalue weighted by molar-refractivity contribution is 0.112. The Morgan fingerprint density at radius 3 is 1.35 bits per heavy atom. The molecule has 0 N–H and O–H groups in total. The fourth-order valence-corrected chi connectivity index (χ4v) is 3.64. The van der Waals surface area contributed by atoms with Crippen LogP contribution in [0.3, 0.4) is 0 Å². The summed E-state index contributed by atoms with van der Waals surface area (Å²) >= 11 is 0. The van der Waals surface area contributed by atoms with Gasteiger partial charge in [0.05, 0.1) is 0 Å². The van der Waals surface area contributed by atoms with Crippen molar-refractivity contribution in [3.05, 3.63) is 35.4 Å². The van der Waals surface area contributed by atoms with E-state index in [2.05, 4.69) is 19.1 Å². The van der Waals surface area contributed by atoms with Crippen LogP contribution in [0, 0.1) is 0 Å². The lowest BCUT2D eigenvalue weighted by atomic mass is 10.0. The number of hydrogen-bond acceptors (Lipinski definition) is 1. The molecule has 0 atom stereocenters. The van der Waals surface area contributed by atoms with E-state index >= 15 is 0 Å². The van der Waals surface area contributed by atoms with Gasteiger partial charge in [0.15, 0.2) is 0 Å². The molecule has 0 amide bonds. The Bertz CT molecular complexity index is 420. The minimum absolute atomic E-state index is 0.778. The number of hydrogen-bond donors (Lipinski definition) is 0. The molecule has 0 aromatic heterocycles. The zero-order valence-electron chi connectivity index (χ0n) is 17.3. The molecular weight excluding hydrogens is 316 g/mol. The van der Waals surface area contributed by atoms with Crippen molar-refractivity contribution in [2.75, 3.05) is 0 Å². The van der Waals surface area contributed by atoms with E-state index in [9.17, 15) is 4.79 Å². The van der Waals surface area contributed by atoms with Gasteiger partial charge in [-0.1, -0.05) is 128 Å². The summed E-state index contributed by atoms with van der Waals surface area (Å²) in [5.74, 6) is 0. The average Bonchev–Trinajstić information content (AvgIpc) is 2.68. The highest BCUT2D eigenvalue weighted by Crippen LogP contribution is 2.14. The van der Waals surface area contributed by atoms with Crippen molar-refractivity contribution in [2.24, 2.45) is 0 Å². The van der Waals surface area contributed by atoms with E-state index in [4.69, 9.17) is 0 Å². The maximum atomic E-state index is 10.6. The standard InChI is InChI=1S/C25H42O/c1-2-3-4-5-6-7-8-9-10-11-12-13-14-15-16-17-18-24-19-21-25(23-26)22-20-24/h19-23H,2-18H2,1H3. The second-order valence-corrected chi connectivity index (χ2v) is 7.91. The van der Waals surface area contributed by atoms with Gasteiger partial charge in [0.25, 0.3) is 0 Å². The van der Waals surface area contributed by atoms with Gasteiger partial charge < -0.3 is 0 Å². The molecule has 0 bridgehead atoms. The number of unbranched alkanes of at least 4 members (excludes halogenated alkanes) is 15. The summed E-state index contributed by atoms with van der Waals surface area (Å²) in [7, 11) is 0. The molecule has 1 nitrogen and oxygen atoms in total. The highest BCUT2D eigenvalue weighted by Gasteiger charge is 1.96. The Kier molecular flexibility index (Phi) is 15.3. The Morgan fingerprint density at radius 1 is 0.577 bits per heavy atom. The first kappa shape index (κ1) is 22.9. The number of aryl methyl sites for hydroxylation is 1. The van der Waals surface area contributed by atoms with Crippen molar-refractivity contribution < 1.29 is 4.79 Å². The number of carbonyl (C=O) groups is 1. The maximum Gasteiger partial charge on any atom is 0.150 e. The zero-order valence-corrected chi connectivity index (χ0v) is 17.3. The van der Waals surface area contributed by atoms with E-state index in [1.165, 1.54) is 108 Å². The molecule has 0 saturated heterocycles. The van der Waals surface area contributed by atoms with E-state index in [0.717, 1.165) is 18.3 Å². The van der Waals surface area contributed by atoms with Crippen molar-refractivity contribution in [1.29, 1.82) is 0 Å². The monoisotopic (exact) mass is 358 g/mol. The third-order valence-corrected chi connectivity index (χ3v) is 5.43. The largest absolute Gasteiger partial charge is 0.298 e. The summed E-state index contributed by atoms with van der Waals surface area (Å²) < 4.78 is 0. The Balaban J connectivity index is 1.77. The first-order chi connectivity index (χ1) is 12.9. The molecule has 0 radical (unpaired) electrons. The van der Waals surface area contributed by atoms with Crippen LogP contribution in [0.2, 0.25) is 0 Å². The van der Waals surface area contributed by atoms with Crippen LogP contribution >= 0.6 is 0 Å². The topological polar surface area (TPSA) is 17.1 Å². The van der Waals surface area contributed by atoms with Crippen LogP contribution in [0.4, 0.5) is 0 Å². The van der Waals surface area contributed by atoms with E-state index < -0.39 is 0 Å². The van der Waals surface area contributed by atoms with Crippen LogP contribution in [0.1, 0.15) is 126 Å². The van der Waals surface area contributed by atoms with Gasteiger partial charge in [0.1, 0.15) is 6.29 Å². The van der Waals surface area contributed by atoms with Crippen LogP contribution in [0.5, 0.6) is 0 Å². The third kappa shape index (κ3) is 13.1. The summed E-state index contributed by atoms with van der Waals surface area (Å²) in [6.07, 6.45) is 24.7. The lowest BCUT2D eigenvalue weighted by Crippen LogP contribution is -1.88. The molecule has 1 aromatic rings. The highest BCUT2D eigenvalue weighted by atomic mass is 16.1. The summed E-state index contributed by atoms with van der Waals surface area (Å²) in [6, 6.07) is 8.04. The van der Waals surface area contributed by atoms with Crippen molar-refractivity contribution in [3.63, 3.8) is 0 Å². The van der Waals surface area contributed by atoms with Gasteiger partial charge in [0.2, 0.25) is 0 Å². The number of aldehydes is 1. The van der Waals surface area contributed by atoms with Gasteiger partial charge in [-0.2, -0.15) is 0 Å². The maximum absolute atomic E-state index is 10.6. The molecule has 0 heterocycles. The minimum Gasteiger partial charge on any atom is -0.298 e.